The number of benzene rings is 1. The fraction of sp³-hybridized carbons (Fsp3) is 0.385. The average Bonchev–Trinajstić information content (AvgIpc) is 2.70. The Bertz CT molecular complexity index is 701. The van der Waals surface area contributed by atoms with Gasteiger partial charge in [-0.2, -0.15) is 4.72 Å². The number of hydrogen-bond acceptors (Lipinski definition) is 4. The van der Waals surface area contributed by atoms with E-state index in [1.807, 2.05) is 0 Å². The third-order valence-electron chi connectivity index (χ3n) is 3.49. The lowest BCUT2D eigenvalue weighted by Crippen LogP contribution is -2.40. The molecule has 1 unspecified atom stereocenters. The number of carbonyl (C=O) groups excluding carboxylic acids is 1. The molecule has 3 N–H and O–H groups in total. The second kappa shape index (κ2) is 5.70. The van der Waals surface area contributed by atoms with Crippen LogP contribution in [0.5, 0.6) is 0 Å². The number of nitrogens with two attached hydrogens (primary N) is 1. The Morgan fingerprint density at radius 3 is 2.67 bits per heavy atom. The molecule has 1 saturated heterocycles. The van der Waals surface area contributed by atoms with E-state index >= 15 is 0 Å². The van der Waals surface area contributed by atoms with Gasteiger partial charge in [0.25, 0.3) is 0 Å². The first-order valence-corrected chi connectivity index (χ1v) is 8.29. The molecule has 6 nitrogen and oxygen atoms in total. The van der Waals surface area contributed by atoms with E-state index in [1.165, 1.54) is 11.0 Å². The van der Waals surface area contributed by atoms with Gasteiger partial charge in [-0.25, -0.2) is 8.42 Å². The maximum absolute atomic E-state index is 12.5. The zero-order valence-corrected chi connectivity index (χ0v) is 13.4. The second-order valence-electron chi connectivity index (χ2n) is 5.07. The molecule has 2 rings (SSSR count). The van der Waals surface area contributed by atoms with Gasteiger partial charge < -0.3 is 10.6 Å². The molecule has 0 aliphatic carbocycles. The molecule has 1 amide bonds. The molecule has 0 saturated carbocycles. The van der Waals surface area contributed by atoms with E-state index < -0.39 is 16.1 Å². The molecule has 114 valence electrons. The molecule has 1 atom stereocenters. The molecule has 8 heteroatoms. The molecule has 1 aromatic carbocycles. The van der Waals surface area contributed by atoms with Gasteiger partial charge in [0.15, 0.2) is 0 Å². The molecule has 0 bridgehead atoms. The van der Waals surface area contributed by atoms with Crippen molar-refractivity contribution in [1.29, 1.82) is 0 Å². The Morgan fingerprint density at radius 2 is 2.14 bits per heavy atom. The molecule has 1 heterocycles. The monoisotopic (exact) mass is 327 g/mol. The summed E-state index contributed by atoms with van der Waals surface area (Å²) in [6, 6.07) is 4.04. The molecule has 0 radical (unpaired) electrons. The van der Waals surface area contributed by atoms with Crippen molar-refractivity contribution in [2.45, 2.75) is 24.3 Å². The summed E-state index contributed by atoms with van der Waals surface area (Å²) in [6.07, 6.45) is 0.461. The lowest BCUT2D eigenvalue weighted by atomic mass is 10.1. The number of sulfonamides is 1. The number of likely N-dealkylation sites (tertiary alicyclic amines) is 1. The summed E-state index contributed by atoms with van der Waals surface area (Å²) in [7, 11) is -2.15. The lowest BCUT2D eigenvalue weighted by Gasteiger charge is -2.14. The number of rotatable bonds is 4. The maximum Gasteiger partial charge on any atom is 0.241 e. The minimum atomic E-state index is -3.80. The SMILES string of the molecule is Cc1ccc(C(N)=S)cc1S(=O)(=O)NC1CCN(C)C1=O. The standard InChI is InChI=1S/C13H17N3O3S2/c1-8-3-4-9(12(14)20)7-11(8)21(18,19)15-10-5-6-16(2)13(10)17/h3-4,7,10,15H,5-6H2,1-2H3,(H2,14,20). The lowest BCUT2D eigenvalue weighted by molar-refractivity contribution is -0.127. The molecule has 0 spiro atoms. The molecular formula is C13H17N3O3S2. The van der Waals surface area contributed by atoms with Gasteiger partial charge >= 0.3 is 0 Å². The summed E-state index contributed by atoms with van der Waals surface area (Å²) >= 11 is 4.87. The topological polar surface area (TPSA) is 92.5 Å². The van der Waals surface area contributed by atoms with Crippen LogP contribution in [0, 0.1) is 6.92 Å². The van der Waals surface area contributed by atoms with Gasteiger partial charge in [-0.3, -0.25) is 4.79 Å². The van der Waals surface area contributed by atoms with Crippen molar-refractivity contribution < 1.29 is 13.2 Å². The van der Waals surface area contributed by atoms with Gasteiger partial charge in [-0.1, -0.05) is 24.4 Å². The Labute approximate surface area is 129 Å². The first-order chi connectivity index (χ1) is 9.72. The molecule has 1 aromatic rings. The minimum Gasteiger partial charge on any atom is -0.389 e. The quantitative estimate of drug-likeness (QED) is 0.767. The van der Waals surface area contributed by atoms with Gasteiger partial charge in [0.2, 0.25) is 15.9 Å². The van der Waals surface area contributed by atoms with Crippen molar-refractivity contribution in [2.75, 3.05) is 13.6 Å². The Hall–Kier alpha value is -1.51. The number of hydrogen-bond donors (Lipinski definition) is 2. The van der Waals surface area contributed by atoms with Crippen LogP contribution in [0.15, 0.2) is 23.1 Å². The summed E-state index contributed by atoms with van der Waals surface area (Å²) in [5, 5.41) is 0. The highest BCUT2D eigenvalue weighted by molar-refractivity contribution is 7.89. The molecule has 21 heavy (non-hydrogen) atoms. The van der Waals surface area contributed by atoms with Crippen LogP contribution in [0.2, 0.25) is 0 Å². The summed E-state index contributed by atoms with van der Waals surface area (Å²) in [4.78, 5) is 13.6. The van der Waals surface area contributed by atoms with E-state index in [9.17, 15) is 13.2 Å². The summed E-state index contributed by atoms with van der Waals surface area (Å²) in [6.45, 7) is 2.22. The smallest absolute Gasteiger partial charge is 0.241 e. The van der Waals surface area contributed by atoms with Gasteiger partial charge in [-0.05, 0) is 25.0 Å². The predicted octanol–water partition coefficient (Wildman–Crippen LogP) is 0.138. The Kier molecular flexibility index (Phi) is 4.31. The number of aryl methyl sites for hydroxylation is 1. The summed E-state index contributed by atoms with van der Waals surface area (Å²) < 4.78 is 27.4. The van der Waals surface area contributed by atoms with Crippen LogP contribution in [-0.4, -0.2) is 43.8 Å². The normalized spacial score (nSPS) is 19.0. The molecule has 0 aromatic heterocycles. The number of amides is 1. The largest absolute Gasteiger partial charge is 0.389 e. The fourth-order valence-electron chi connectivity index (χ4n) is 2.23. The van der Waals surface area contributed by atoms with E-state index in [4.69, 9.17) is 18.0 Å². The zero-order valence-electron chi connectivity index (χ0n) is 11.8. The molecule has 1 fully saturated rings. The summed E-state index contributed by atoms with van der Waals surface area (Å²) in [5.74, 6) is -0.221. The van der Waals surface area contributed by atoms with Crippen molar-refractivity contribution in [3.63, 3.8) is 0 Å². The van der Waals surface area contributed by atoms with Crippen LogP contribution in [0.4, 0.5) is 0 Å². The summed E-state index contributed by atoms with van der Waals surface area (Å²) in [5.41, 5.74) is 6.58. The third kappa shape index (κ3) is 3.22. The van der Waals surface area contributed by atoms with Crippen molar-refractivity contribution >= 4 is 33.1 Å². The van der Waals surface area contributed by atoms with E-state index in [-0.39, 0.29) is 15.8 Å². The van der Waals surface area contributed by atoms with Crippen molar-refractivity contribution in [3.05, 3.63) is 29.3 Å². The average molecular weight is 327 g/mol. The highest BCUT2D eigenvalue weighted by Crippen LogP contribution is 2.19. The van der Waals surface area contributed by atoms with Crippen LogP contribution in [0.25, 0.3) is 0 Å². The van der Waals surface area contributed by atoms with Gasteiger partial charge in [0.1, 0.15) is 11.0 Å². The Balaban J connectivity index is 2.34. The number of likely N-dealkylation sites (N-methyl/N-ethyl adjacent to an activating group) is 1. The van der Waals surface area contributed by atoms with Crippen LogP contribution >= 0.6 is 12.2 Å². The Morgan fingerprint density at radius 1 is 1.48 bits per heavy atom. The first kappa shape index (κ1) is 15.9. The molecule has 1 aliphatic heterocycles. The highest BCUT2D eigenvalue weighted by atomic mass is 32.2. The second-order valence-corrected chi connectivity index (χ2v) is 7.19. The van der Waals surface area contributed by atoms with Crippen LogP contribution < -0.4 is 10.5 Å². The van der Waals surface area contributed by atoms with Gasteiger partial charge in [0.05, 0.1) is 4.90 Å². The van der Waals surface area contributed by atoms with E-state index in [2.05, 4.69) is 4.72 Å². The molecular weight excluding hydrogens is 310 g/mol. The first-order valence-electron chi connectivity index (χ1n) is 6.40. The van der Waals surface area contributed by atoms with E-state index in [1.54, 1.807) is 26.1 Å². The van der Waals surface area contributed by atoms with Crippen LogP contribution in [0.3, 0.4) is 0 Å². The number of carbonyl (C=O) groups is 1. The van der Waals surface area contributed by atoms with Crippen molar-refractivity contribution in [1.82, 2.24) is 9.62 Å². The maximum atomic E-state index is 12.5. The number of thiocarbonyl (C=S) groups is 1. The highest BCUT2D eigenvalue weighted by Gasteiger charge is 2.33. The number of nitrogens with one attached hydrogen (secondary N) is 1. The predicted molar refractivity (Wildman–Crippen MR) is 83.4 cm³/mol. The van der Waals surface area contributed by atoms with Gasteiger partial charge in [-0.15, -0.1) is 0 Å². The van der Waals surface area contributed by atoms with E-state index in [0.717, 1.165) is 0 Å². The van der Waals surface area contributed by atoms with Crippen LogP contribution in [-0.2, 0) is 14.8 Å². The van der Waals surface area contributed by atoms with Gasteiger partial charge in [0, 0.05) is 19.2 Å². The van der Waals surface area contributed by atoms with Crippen molar-refractivity contribution in [2.24, 2.45) is 5.73 Å². The molecule has 1 aliphatic rings. The van der Waals surface area contributed by atoms with Crippen molar-refractivity contribution in [3.8, 4) is 0 Å². The van der Waals surface area contributed by atoms with Crippen LogP contribution in [0.1, 0.15) is 17.5 Å². The minimum absolute atomic E-state index is 0.0927. The fourth-order valence-corrected chi connectivity index (χ4v) is 3.85. The van der Waals surface area contributed by atoms with E-state index in [0.29, 0.717) is 24.1 Å². The number of nitrogens with zero attached hydrogens (tertiary/aromatic N) is 1. The zero-order chi connectivity index (χ0) is 15.8. The third-order valence-corrected chi connectivity index (χ3v) is 5.34.